The fourth-order valence-electron chi connectivity index (χ4n) is 1.90. The minimum atomic E-state index is -0.181. The molecule has 22 heavy (non-hydrogen) atoms. The summed E-state index contributed by atoms with van der Waals surface area (Å²) < 4.78 is 0. The van der Waals surface area contributed by atoms with Gasteiger partial charge in [0.1, 0.15) is 5.82 Å². The van der Waals surface area contributed by atoms with Crippen LogP contribution in [0.2, 0.25) is 0 Å². The molecule has 0 aliphatic carbocycles. The van der Waals surface area contributed by atoms with Crippen LogP contribution in [0.4, 0.5) is 11.6 Å². The first-order chi connectivity index (χ1) is 10.5. The van der Waals surface area contributed by atoms with Gasteiger partial charge in [-0.15, -0.1) is 10.2 Å². The monoisotopic (exact) mass is 298 g/mol. The van der Waals surface area contributed by atoms with Crippen LogP contribution in [-0.2, 0) is 0 Å². The Hall–Kier alpha value is -2.43. The minimum absolute atomic E-state index is 0.181. The number of benzene rings is 1. The number of aryl methyl sites for hydroxylation is 2. The lowest BCUT2D eigenvalue weighted by Gasteiger charge is -2.11. The number of nitrogens with zero attached hydrogens (tertiary/aromatic N) is 2. The molecule has 2 rings (SSSR count). The predicted molar refractivity (Wildman–Crippen MR) is 89.3 cm³/mol. The molecule has 0 aliphatic heterocycles. The fourth-order valence-corrected chi connectivity index (χ4v) is 1.90. The van der Waals surface area contributed by atoms with Crippen LogP contribution in [0, 0.1) is 13.8 Å². The molecule has 1 atom stereocenters. The SMILES string of the molecule is CCC(C)Nc1ccc(NC(=O)c2ccc(C)c(C)c2)nn1. The summed E-state index contributed by atoms with van der Waals surface area (Å²) in [5, 5.41) is 14.1. The average molecular weight is 298 g/mol. The summed E-state index contributed by atoms with van der Waals surface area (Å²) in [5.74, 6) is 0.969. The van der Waals surface area contributed by atoms with Crippen LogP contribution in [-0.4, -0.2) is 22.1 Å². The van der Waals surface area contributed by atoms with E-state index in [1.807, 2.05) is 38.1 Å². The largest absolute Gasteiger partial charge is 0.366 e. The summed E-state index contributed by atoms with van der Waals surface area (Å²) >= 11 is 0. The van der Waals surface area contributed by atoms with E-state index in [-0.39, 0.29) is 5.91 Å². The molecular formula is C17H22N4O. The summed E-state index contributed by atoms with van der Waals surface area (Å²) in [6.07, 6.45) is 1.01. The molecule has 1 unspecified atom stereocenters. The van der Waals surface area contributed by atoms with E-state index < -0.39 is 0 Å². The van der Waals surface area contributed by atoms with Crippen molar-refractivity contribution in [3.05, 3.63) is 47.0 Å². The topological polar surface area (TPSA) is 66.9 Å². The van der Waals surface area contributed by atoms with E-state index in [0.717, 1.165) is 17.5 Å². The van der Waals surface area contributed by atoms with Crippen LogP contribution in [0.1, 0.15) is 41.8 Å². The Morgan fingerprint density at radius 2 is 1.77 bits per heavy atom. The van der Waals surface area contributed by atoms with Crippen molar-refractivity contribution in [3.8, 4) is 0 Å². The zero-order valence-corrected chi connectivity index (χ0v) is 13.5. The van der Waals surface area contributed by atoms with E-state index >= 15 is 0 Å². The van der Waals surface area contributed by atoms with Gasteiger partial charge in [-0.2, -0.15) is 0 Å². The van der Waals surface area contributed by atoms with Crippen LogP contribution in [0.15, 0.2) is 30.3 Å². The quantitative estimate of drug-likeness (QED) is 0.885. The number of carbonyl (C=O) groups excluding carboxylic acids is 1. The van der Waals surface area contributed by atoms with Gasteiger partial charge >= 0.3 is 0 Å². The standard InChI is InChI=1S/C17H22N4O/c1-5-13(4)18-15-8-9-16(21-20-15)19-17(22)14-7-6-11(2)12(3)10-14/h6-10,13H,5H2,1-4H3,(H,18,20)(H,19,21,22). The molecule has 116 valence electrons. The summed E-state index contributed by atoms with van der Waals surface area (Å²) in [4.78, 5) is 12.2. The molecule has 1 heterocycles. The third kappa shape index (κ3) is 4.04. The van der Waals surface area contributed by atoms with Gasteiger partial charge < -0.3 is 10.6 Å². The summed E-state index contributed by atoms with van der Waals surface area (Å²) in [7, 11) is 0. The van der Waals surface area contributed by atoms with Gasteiger partial charge in [-0.05, 0) is 62.6 Å². The number of nitrogens with one attached hydrogen (secondary N) is 2. The number of hydrogen-bond acceptors (Lipinski definition) is 4. The second-order valence-electron chi connectivity index (χ2n) is 5.51. The van der Waals surface area contributed by atoms with Crippen molar-refractivity contribution in [2.75, 3.05) is 10.6 Å². The Morgan fingerprint density at radius 1 is 1.09 bits per heavy atom. The Morgan fingerprint density at radius 3 is 2.36 bits per heavy atom. The van der Waals surface area contributed by atoms with Gasteiger partial charge in [0.2, 0.25) is 0 Å². The highest BCUT2D eigenvalue weighted by Crippen LogP contribution is 2.13. The Bertz CT molecular complexity index is 652. The molecule has 0 saturated heterocycles. The second-order valence-corrected chi connectivity index (χ2v) is 5.51. The van der Waals surface area contributed by atoms with Crippen LogP contribution in [0.25, 0.3) is 0 Å². The maximum Gasteiger partial charge on any atom is 0.256 e. The Labute approximate surface area is 131 Å². The van der Waals surface area contributed by atoms with Gasteiger partial charge in [0.25, 0.3) is 5.91 Å². The van der Waals surface area contributed by atoms with Gasteiger partial charge in [-0.1, -0.05) is 13.0 Å². The maximum absolute atomic E-state index is 12.2. The molecule has 5 heteroatoms. The number of aromatic nitrogens is 2. The van der Waals surface area contributed by atoms with Crippen molar-refractivity contribution in [2.24, 2.45) is 0 Å². The number of amides is 1. The Balaban J connectivity index is 2.03. The van der Waals surface area contributed by atoms with E-state index in [2.05, 4.69) is 34.7 Å². The van der Waals surface area contributed by atoms with Gasteiger partial charge in [0, 0.05) is 11.6 Å². The van der Waals surface area contributed by atoms with Crippen molar-refractivity contribution >= 4 is 17.5 Å². The van der Waals surface area contributed by atoms with Crippen LogP contribution >= 0.6 is 0 Å². The van der Waals surface area contributed by atoms with Gasteiger partial charge in [-0.3, -0.25) is 4.79 Å². The average Bonchev–Trinajstić information content (AvgIpc) is 2.51. The predicted octanol–water partition coefficient (Wildman–Crippen LogP) is 3.56. The lowest BCUT2D eigenvalue weighted by Crippen LogP contribution is -2.16. The first kappa shape index (κ1) is 15.9. The zero-order chi connectivity index (χ0) is 16.1. The van der Waals surface area contributed by atoms with E-state index in [0.29, 0.717) is 23.2 Å². The number of anilines is 2. The molecule has 0 bridgehead atoms. The Kier molecular flexibility index (Phi) is 5.09. The third-order valence-electron chi connectivity index (χ3n) is 3.68. The lowest BCUT2D eigenvalue weighted by atomic mass is 10.1. The molecule has 1 aromatic carbocycles. The van der Waals surface area contributed by atoms with Gasteiger partial charge in [-0.25, -0.2) is 0 Å². The van der Waals surface area contributed by atoms with Crippen LogP contribution < -0.4 is 10.6 Å². The van der Waals surface area contributed by atoms with Crippen LogP contribution in [0.5, 0.6) is 0 Å². The normalized spacial score (nSPS) is 11.8. The van der Waals surface area contributed by atoms with Crippen molar-refractivity contribution < 1.29 is 4.79 Å². The molecule has 1 aromatic heterocycles. The highest BCUT2D eigenvalue weighted by Gasteiger charge is 2.08. The fraction of sp³-hybridized carbons (Fsp3) is 0.353. The van der Waals surface area contributed by atoms with E-state index in [9.17, 15) is 4.79 Å². The number of rotatable bonds is 5. The summed E-state index contributed by atoms with van der Waals surface area (Å²) in [6.45, 7) is 8.19. The number of hydrogen-bond donors (Lipinski definition) is 2. The van der Waals surface area contributed by atoms with E-state index in [4.69, 9.17) is 0 Å². The van der Waals surface area contributed by atoms with Crippen molar-refractivity contribution in [1.82, 2.24) is 10.2 Å². The molecule has 2 aromatic rings. The molecule has 0 radical (unpaired) electrons. The first-order valence-corrected chi connectivity index (χ1v) is 7.48. The minimum Gasteiger partial charge on any atom is -0.366 e. The molecule has 2 N–H and O–H groups in total. The zero-order valence-electron chi connectivity index (χ0n) is 13.5. The highest BCUT2D eigenvalue weighted by atomic mass is 16.1. The molecular weight excluding hydrogens is 276 g/mol. The summed E-state index contributed by atoms with van der Waals surface area (Å²) in [5.41, 5.74) is 2.87. The first-order valence-electron chi connectivity index (χ1n) is 7.48. The van der Waals surface area contributed by atoms with Crippen molar-refractivity contribution in [3.63, 3.8) is 0 Å². The summed E-state index contributed by atoms with van der Waals surface area (Å²) in [6, 6.07) is 9.52. The highest BCUT2D eigenvalue weighted by molar-refractivity contribution is 6.03. The molecule has 0 aliphatic rings. The van der Waals surface area contributed by atoms with Gasteiger partial charge in [0.05, 0.1) is 0 Å². The maximum atomic E-state index is 12.2. The van der Waals surface area contributed by atoms with Crippen LogP contribution in [0.3, 0.4) is 0 Å². The molecule has 0 saturated carbocycles. The van der Waals surface area contributed by atoms with Crippen molar-refractivity contribution in [2.45, 2.75) is 40.2 Å². The number of carbonyl (C=O) groups is 1. The lowest BCUT2D eigenvalue weighted by molar-refractivity contribution is 0.102. The van der Waals surface area contributed by atoms with Gasteiger partial charge in [0.15, 0.2) is 5.82 Å². The smallest absolute Gasteiger partial charge is 0.256 e. The third-order valence-corrected chi connectivity index (χ3v) is 3.68. The molecule has 5 nitrogen and oxygen atoms in total. The molecule has 0 fully saturated rings. The van der Waals surface area contributed by atoms with E-state index in [1.54, 1.807) is 6.07 Å². The second kappa shape index (κ2) is 7.02. The van der Waals surface area contributed by atoms with E-state index in [1.165, 1.54) is 0 Å². The molecule has 0 spiro atoms. The van der Waals surface area contributed by atoms with Crippen molar-refractivity contribution in [1.29, 1.82) is 0 Å². The molecule has 1 amide bonds.